The number of amides is 4. The first-order chi connectivity index (χ1) is 39.5. The lowest BCUT2D eigenvalue weighted by Crippen LogP contribution is -2.47. The topological polar surface area (TPSA) is 169 Å². The van der Waals surface area contributed by atoms with Crippen molar-refractivity contribution in [1.29, 1.82) is 0 Å². The van der Waals surface area contributed by atoms with Crippen LogP contribution in [-0.4, -0.2) is 108 Å². The van der Waals surface area contributed by atoms with E-state index >= 15 is 0 Å². The van der Waals surface area contributed by atoms with Crippen molar-refractivity contribution < 1.29 is 28.7 Å². The molecule has 0 aliphatic carbocycles. The zero-order chi connectivity index (χ0) is 57.4. The Balaban J connectivity index is 0.647. The van der Waals surface area contributed by atoms with Crippen LogP contribution in [0.5, 0.6) is 5.75 Å². The molecule has 4 aromatic carbocycles. The second-order valence-corrected chi connectivity index (χ2v) is 23.3. The van der Waals surface area contributed by atoms with E-state index in [1.165, 1.54) is 21.7 Å². The van der Waals surface area contributed by atoms with Crippen molar-refractivity contribution >= 4 is 57.4 Å². The van der Waals surface area contributed by atoms with Gasteiger partial charge in [-0.15, -0.1) is 0 Å². The molecule has 0 bridgehead atoms. The molecular weight excluding hydrogens is 1030 g/mol. The first-order valence-corrected chi connectivity index (χ1v) is 28.5. The smallest absolute Gasteiger partial charge is 0.413 e. The number of imidazole rings is 1. The molecule has 1 N–H and O–H groups in total. The number of carbonyl (C=O) groups is 4. The number of methoxy groups -OCH3 is 1. The van der Waals surface area contributed by atoms with E-state index in [4.69, 9.17) is 14.5 Å². The summed E-state index contributed by atoms with van der Waals surface area (Å²) < 4.78 is 16.0. The molecular formula is C65H72N10O7. The zero-order valence-corrected chi connectivity index (χ0v) is 47.9. The molecule has 1 atom stereocenters. The van der Waals surface area contributed by atoms with E-state index in [0.717, 1.165) is 109 Å². The third-order valence-corrected chi connectivity index (χ3v) is 16.8. The van der Waals surface area contributed by atoms with Crippen LogP contribution in [0.1, 0.15) is 115 Å². The lowest BCUT2D eigenvalue weighted by molar-refractivity contribution is -0.151. The molecule has 0 saturated carbocycles. The molecule has 424 valence electrons. The average molecular weight is 1110 g/mol. The number of benzene rings is 4. The van der Waals surface area contributed by atoms with Crippen LogP contribution in [0.4, 0.5) is 16.3 Å². The summed E-state index contributed by atoms with van der Waals surface area (Å²) in [4.78, 5) is 84.0. The molecule has 3 fully saturated rings. The van der Waals surface area contributed by atoms with Gasteiger partial charge in [-0.2, -0.15) is 0 Å². The number of aromatic nitrogens is 5. The maximum absolute atomic E-state index is 13.9. The zero-order valence-electron chi connectivity index (χ0n) is 47.9. The van der Waals surface area contributed by atoms with Gasteiger partial charge < -0.3 is 18.9 Å². The van der Waals surface area contributed by atoms with Crippen molar-refractivity contribution in [3.63, 3.8) is 0 Å². The minimum Gasteiger partial charge on any atom is -0.497 e. The van der Waals surface area contributed by atoms with Gasteiger partial charge >= 0.3 is 11.8 Å². The van der Waals surface area contributed by atoms with E-state index in [1.54, 1.807) is 52.6 Å². The maximum Gasteiger partial charge on any atom is 0.413 e. The Morgan fingerprint density at radius 1 is 0.695 bits per heavy atom. The number of nitrogens with zero attached hydrogens (tertiary/aromatic N) is 9. The molecule has 11 rings (SSSR count). The second kappa shape index (κ2) is 23.2. The van der Waals surface area contributed by atoms with Gasteiger partial charge in [-0.3, -0.25) is 43.5 Å². The van der Waals surface area contributed by atoms with Crippen molar-refractivity contribution in [2.24, 2.45) is 14.1 Å². The van der Waals surface area contributed by atoms with E-state index < -0.39 is 17.7 Å². The Morgan fingerprint density at radius 3 is 1.98 bits per heavy atom. The molecule has 17 nitrogen and oxygen atoms in total. The van der Waals surface area contributed by atoms with Crippen LogP contribution in [0.25, 0.3) is 33.2 Å². The molecule has 82 heavy (non-hydrogen) atoms. The van der Waals surface area contributed by atoms with E-state index in [1.807, 2.05) is 82.5 Å². The van der Waals surface area contributed by atoms with Gasteiger partial charge in [0.1, 0.15) is 28.9 Å². The quantitative estimate of drug-likeness (QED) is 0.103. The van der Waals surface area contributed by atoms with Gasteiger partial charge in [0.15, 0.2) is 0 Å². The van der Waals surface area contributed by atoms with Gasteiger partial charge in [-0.1, -0.05) is 42.5 Å². The van der Waals surface area contributed by atoms with E-state index in [2.05, 4.69) is 80.2 Å². The summed E-state index contributed by atoms with van der Waals surface area (Å²) in [7, 11) is 7.25. The largest absolute Gasteiger partial charge is 0.497 e. The van der Waals surface area contributed by atoms with Gasteiger partial charge in [0.25, 0.3) is 11.8 Å². The fourth-order valence-corrected chi connectivity index (χ4v) is 12.2. The Labute approximate surface area is 478 Å². The minimum absolute atomic E-state index is 0.0419. The summed E-state index contributed by atoms with van der Waals surface area (Å²) in [6, 6.07) is 37.2. The Bertz CT molecular complexity index is 3710. The summed E-state index contributed by atoms with van der Waals surface area (Å²) in [5.41, 5.74) is 10.6. The molecule has 17 heteroatoms. The number of nitrogens with one attached hydrogen (secondary N) is 1. The van der Waals surface area contributed by atoms with Crippen molar-refractivity contribution in [1.82, 2.24) is 38.4 Å². The first-order valence-electron chi connectivity index (χ1n) is 28.5. The number of ether oxygens (including phenoxy) is 2. The highest BCUT2D eigenvalue weighted by atomic mass is 16.6. The van der Waals surface area contributed by atoms with E-state index in [0.29, 0.717) is 34.5 Å². The fourth-order valence-electron chi connectivity index (χ4n) is 12.2. The number of pyridine rings is 2. The number of likely N-dealkylation sites (tertiary alicyclic amines) is 3. The molecule has 0 spiro atoms. The van der Waals surface area contributed by atoms with E-state index in [-0.39, 0.29) is 42.8 Å². The Hall–Kier alpha value is -8.41. The number of fused-ring (bicyclic) bond motifs is 2. The number of anilines is 2. The summed E-state index contributed by atoms with van der Waals surface area (Å²) in [5.74, 6) is 1.29. The fraction of sp³-hybridized carbons (Fsp3) is 0.369. The normalized spacial score (nSPS) is 17.0. The number of aryl methyl sites for hydroxylation is 2. The average Bonchev–Trinajstić information content (AvgIpc) is 4.18. The standard InChI is InChI=1S/C65H72N10O7/c1-65(2,3)82-63(79)68-58-24-17-49(38-67-58)53-26-31-66-60-54(53)37-51(69(60)4)41-73-34-29-46(30-35-73)44-11-13-48(14-12-44)61(77)70(5)50-18-15-45(16-19-50)47-27-32-72(33-28-47)39-43-10-22-55-57(36-43)71(6)64(80)75(55)56-23-25-59(76)74(62(56)78)40-42-8-20-52(81-7)21-9-42/h8-22,24,26,31,36-38,46-47,56H,23,25,27-30,32-35,39-41H2,1-7H3,(H,67,68,79). The monoisotopic (exact) mass is 1100 g/mol. The predicted molar refractivity (Wildman–Crippen MR) is 318 cm³/mol. The van der Waals surface area contributed by atoms with Gasteiger partial charge in [0.05, 0.1) is 24.7 Å². The Kier molecular flexibility index (Phi) is 15.7. The molecule has 3 aliphatic rings. The molecule has 7 heterocycles. The predicted octanol–water partition coefficient (Wildman–Crippen LogP) is 10.6. The van der Waals surface area contributed by atoms with Crippen LogP contribution in [0, 0.1) is 0 Å². The number of hydrogen-bond donors (Lipinski definition) is 1. The van der Waals surface area contributed by atoms with Crippen LogP contribution in [0.2, 0.25) is 0 Å². The third-order valence-electron chi connectivity index (χ3n) is 16.8. The first kappa shape index (κ1) is 55.5. The van der Waals surface area contributed by atoms with Crippen LogP contribution in [0.15, 0.2) is 132 Å². The summed E-state index contributed by atoms with van der Waals surface area (Å²) >= 11 is 0. The maximum atomic E-state index is 13.9. The molecule has 4 aromatic heterocycles. The van der Waals surface area contributed by atoms with Crippen LogP contribution in [-0.2, 0) is 48.1 Å². The number of imide groups is 1. The summed E-state index contributed by atoms with van der Waals surface area (Å²) in [6.07, 6.45) is 7.57. The van der Waals surface area contributed by atoms with Crippen molar-refractivity contribution in [2.45, 2.75) is 102 Å². The van der Waals surface area contributed by atoms with Gasteiger partial charge in [-0.25, -0.2) is 19.6 Å². The third kappa shape index (κ3) is 11.7. The Morgan fingerprint density at radius 2 is 1.34 bits per heavy atom. The lowest BCUT2D eigenvalue weighted by atomic mass is 9.88. The molecule has 8 aromatic rings. The highest BCUT2D eigenvalue weighted by molar-refractivity contribution is 6.06. The number of rotatable bonds is 14. The van der Waals surface area contributed by atoms with Gasteiger partial charge in [0, 0.05) is 80.9 Å². The summed E-state index contributed by atoms with van der Waals surface area (Å²) in [5, 5.41) is 3.76. The van der Waals surface area contributed by atoms with Crippen molar-refractivity contribution in [3.8, 4) is 16.9 Å². The second-order valence-electron chi connectivity index (χ2n) is 23.3. The summed E-state index contributed by atoms with van der Waals surface area (Å²) in [6.45, 7) is 10.9. The van der Waals surface area contributed by atoms with Crippen LogP contribution < -0.4 is 20.6 Å². The highest BCUT2D eigenvalue weighted by Gasteiger charge is 2.38. The van der Waals surface area contributed by atoms with Crippen molar-refractivity contribution in [2.75, 3.05) is 50.6 Å². The van der Waals surface area contributed by atoms with Gasteiger partial charge in [-0.05, 0) is 192 Å². The van der Waals surface area contributed by atoms with E-state index in [9.17, 15) is 24.0 Å². The molecule has 0 radical (unpaired) electrons. The van der Waals surface area contributed by atoms with Gasteiger partial charge in [0.2, 0.25) is 5.91 Å². The minimum atomic E-state index is -0.771. The number of carbonyl (C=O) groups excluding carboxylic acids is 4. The van der Waals surface area contributed by atoms with Crippen molar-refractivity contribution in [3.05, 3.63) is 172 Å². The molecule has 4 amide bonds. The van der Waals surface area contributed by atoms with Crippen LogP contribution in [0.3, 0.4) is 0 Å². The molecule has 1 unspecified atom stereocenters. The highest BCUT2D eigenvalue weighted by Crippen LogP contribution is 2.35. The lowest BCUT2D eigenvalue weighted by Gasteiger charge is -2.32. The SMILES string of the molecule is COc1ccc(CN2C(=O)CCC(n3c(=O)n(C)c4cc(CN5CCC(c6ccc(N(C)C(=O)c7ccc(C8CCN(Cc9cc%10c(-c%11ccc(NC(=O)OC(C)(C)C)nc%11)ccnc%10n9C)CC8)cc7)cc6)CC5)ccc43)C2=O)cc1. The number of hydrogen-bond acceptors (Lipinski definition) is 11. The molecule has 3 aliphatic heterocycles. The number of piperidine rings is 3. The molecule has 3 saturated heterocycles. The van der Waals surface area contributed by atoms with Crippen LogP contribution >= 0.6 is 0 Å².